The van der Waals surface area contributed by atoms with Crippen molar-refractivity contribution in [1.82, 2.24) is 4.90 Å². The normalized spacial score (nSPS) is 24.1. The molecule has 21 heavy (non-hydrogen) atoms. The molecule has 2 N–H and O–H groups in total. The first-order valence-electron chi connectivity index (χ1n) is 7.82. The molecule has 3 rings (SSSR count). The summed E-state index contributed by atoms with van der Waals surface area (Å²) in [6.07, 6.45) is 6.48. The van der Waals surface area contributed by atoms with Crippen LogP contribution in [0.4, 0.5) is 0 Å². The molecule has 4 heteroatoms. The smallest absolute Gasteiger partial charge is 0.141 e. The highest BCUT2D eigenvalue weighted by Gasteiger charge is 2.39. The van der Waals surface area contributed by atoms with E-state index in [2.05, 4.69) is 17.1 Å². The van der Waals surface area contributed by atoms with Gasteiger partial charge < -0.3 is 15.2 Å². The molecule has 2 aliphatic heterocycles. The number of hydrogen-bond donors (Lipinski definition) is 1. The number of ether oxygens (including phenoxy) is 2. The lowest BCUT2D eigenvalue weighted by atomic mass is 9.97. The third kappa shape index (κ3) is 3.06. The first-order valence-corrected chi connectivity index (χ1v) is 7.82. The molecule has 1 aromatic carbocycles. The Morgan fingerprint density at radius 1 is 1.43 bits per heavy atom. The van der Waals surface area contributed by atoms with Crippen LogP contribution in [0, 0.1) is 0 Å². The van der Waals surface area contributed by atoms with Crippen LogP contribution < -0.4 is 15.2 Å². The van der Waals surface area contributed by atoms with E-state index in [9.17, 15) is 0 Å². The van der Waals surface area contributed by atoms with Gasteiger partial charge in [0.25, 0.3) is 0 Å². The summed E-state index contributed by atoms with van der Waals surface area (Å²) in [5, 5.41) is 0. The van der Waals surface area contributed by atoms with Crippen LogP contribution in [-0.2, 0) is 0 Å². The molecule has 1 aromatic rings. The van der Waals surface area contributed by atoms with Gasteiger partial charge in [-0.05, 0) is 50.7 Å². The van der Waals surface area contributed by atoms with Gasteiger partial charge in [-0.2, -0.15) is 0 Å². The summed E-state index contributed by atoms with van der Waals surface area (Å²) in [4.78, 5) is 2.44. The van der Waals surface area contributed by atoms with Crippen molar-refractivity contribution in [1.29, 1.82) is 0 Å². The van der Waals surface area contributed by atoms with Crippen molar-refractivity contribution in [3.63, 3.8) is 0 Å². The molecule has 0 radical (unpaired) electrons. The number of likely N-dealkylation sites (tertiary alicyclic amines) is 1. The minimum Gasteiger partial charge on any atom is -0.494 e. The lowest BCUT2D eigenvalue weighted by Crippen LogP contribution is -2.39. The second kappa shape index (κ2) is 6.08. The van der Waals surface area contributed by atoms with Crippen LogP contribution in [0.15, 0.2) is 24.3 Å². The van der Waals surface area contributed by atoms with Crippen LogP contribution in [0.2, 0.25) is 0 Å². The maximum atomic E-state index is 6.31. The predicted octanol–water partition coefficient (Wildman–Crippen LogP) is 2.28. The predicted molar refractivity (Wildman–Crippen MR) is 84.7 cm³/mol. The van der Waals surface area contributed by atoms with Crippen molar-refractivity contribution < 1.29 is 9.47 Å². The van der Waals surface area contributed by atoms with E-state index in [-0.39, 0.29) is 5.60 Å². The summed E-state index contributed by atoms with van der Waals surface area (Å²) in [5.41, 5.74) is 6.54. The average molecular weight is 288 g/mol. The van der Waals surface area contributed by atoms with Gasteiger partial charge in [-0.1, -0.05) is 6.08 Å². The quantitative estimate of drug-likeness (QED) is 0.903. The lowest BCUT2D eigenvalue weighted by Gasteiger charge is -2.31. The average Bonchev–Trinajstić information content (AvgIpc) is 2.89. The van der Waals surface area contributed by atoms with Crippen molar-refractivity contribution >= 4 is 6.08 Å². The Kier molecular flexibility index (Phi) is 4.17. The fourth-order valence-electron chi connectivity index (χ4n) is 3.11. The summed E-state index contributed by atoms with van der Waals surface area (Å²) in [6, 6.07) is 6.05. The summed E-state index contributed by atoms with van der Waals surface area (Å²) in [7, 11) is 0. The number of rotatable bonds is 5. The largest absolute Gasteiger partial charge is 0.494 e. The molecule has 0 aliphatic carbocycles. The standard InChI is InChI=1S/C17H24N2O2/c1-2-20-15-4-5-16-14(12-15)6-7-17(21-16)8-11-19(13-17)10-3-9-18/h4-7,12H,2-3,8-11,13,18H2,1H3. The Balaban J connectivity index is 1.71. The molecule has 1 atom stereocenters. The van der Waals surface area contributed by atoms with Crippen LogP contribution in [0.25, 0.3) is 6.08 Å². The van der Waals surface area contributed by atoms with E-state index in [0.29, 0.717) is 6.61 Å². The van der Waals surface area contributed by atoms with Crippen LogP contribution in [0.5, 0.6) is 11.5 Å². The number of fused-ring (bicyclic) bond motifs is 1. The molecule has 0 amide bonds. The van der Waals surface area contributed by atoms with Gasteiger partial charge in [0.1, 0.15) is 17.1 Å². The van der Waals surface area contributed by atoms with Gasteiger partial charge in [-0.3, -0.25) is 4.90 Å². The molecular weight excluding hydrogens is 264 g/mol. The monoisotopic (exact) mass is 288 g/mol. The highest BCUT2D eigenvalue weighted by atomic mass is 16.5. The third-order valence-corrected chi connectivity index (χ3v) is 4.19. The second-order valence-electron chi connectivity index (χ2n) is 5.80. The fraction of sp³-hybridized carbons (Fsp3) is 0.529. The zero-order valence-corrected chi connectivity index (χ0v) is 12.7. The van der Waals surface area contributed by atoms with Gasteiger partial charge in [0.05, 0.1) is 6.61 Å². The van der Waals surface area contributed by atoms with Crippen molar-refractivity contribution in [2.45, 2.75) is 25.4 Å². The second-order valence-corrected chi connectivity index (χ2v) is 5.80. The van der Waals surface area contributed by atoms with E-state index < -0.39 is 0 Å². The van der Waals surface area contributed by atoms with Gasteiger partial charge in [0.15, 0.2) is 0 Å². The van der Waals surface area contributed by atoms with E-state index >= 15 is 0 Å². The molecule has 1 fully saturated rings. The summed E-state index contributed by atoms with van der Waals surface area (Å²) < 4.78 is 11.8. The zero-order chi connectivity index (χ0) is 14.7. The molecule has 1 spiro atoms. The minimum atomic E-state index is -0.158. The van der Waals surface area contributed by atoms with Gasteiger partial charge in [0, 0.05) is 25.1 Å². The maximum absolute atomic E-state index is 6.31. The SMILES string of the molecule is CCOc1ccc2c(c1)C=CC1(CCN(CCCN)C1)O2. The minimum absolute atomic E-state index is 0.158. The molecule has 0 bridgehead atoms. The number of nitrogens with zero attached hydrogens (tertiary/aromatic N) is 1. The molecule has 1 unspecified atom stereocenters. The zero-order valence-electron chi connectivity index (χ0n) is 12.7. The first-order chi connectivity index (χ1) is 10.2. The molecular formula is C17H24N2O2. The first kappa shape index (κ1) is 14.4. The Bertz CT molecular complexity index is 530. The Hall–Kier alpha value is -1.52. The molecule has 1 saturated heterocycles. The fourth-order valence-corrected chi connectivity index (χ4v) is 3.11. The Labute approximate surface area is 126 Å². The molecule has 2 heterocycles. The number of nitrogens with two attached hydrogens (primary N) is 1. The van der Waals surface area contributed by atoms with E-state index in [1.807, 2.05) is 25.1 Å². The van der Waals surface area contributed by atoms with Crippen LogP contribution in [-0.4, -0.2) is 43.3 Å². The van der Waals surface area contributed by atoms with Crippen LogP contribution >= 0.6 is 0 Å². The third-order valence-electron chi connectivity index (χ3n) is 4.19. The number of benzene rings is 1. The summed E-state index contributed by atoms with van der Waals surface area (Å²) in [5.74, 6) is 1.86. The van der Waals surface area contributed by atoms with E-state index in [1.54, 1.807) is 0 Å². The van der Waals surface area contributed by atoms with E-state index in [4.69, 9.17) is 15.2 Å². The van der Waals surface area contributed by atoms with Gasteiger partial charge in [0.2, 0.25) is 0 Å². The van der Waals surface area contributed by atoms with Crippen LogP contribution in [0.1, 0.15) is 25.3 Å². The van der Waals surface area contributed by atoms with Crippen molar-refractivity contribution in [2.24, 2.45) is 5.73 Å². The van der Waals surface area contributed by atoms with Gasteiger partial charge in [-0.15, -0.1) is 0 Å². The van der Waals surface area contributed by atoms with Crippen molar-refractivity contribution in [3.05, 3.63) is 29.8 Å². The molecule has 2 aliphatic rings. The van der Waals surface area contributed by atoms with Crippen LogP contribution in [0.3, 0.4) is 0 Å². The van der Waals surface area contributed by atoms with Gasteiger partial charge >= 0.3 is 0 Å². The molecule has 114 valence electrons. The Morgan fingerprint density at radius 2 is 2.33 bits per heavy atom. The van der Waals surface area contributed by atoms with Gasteiger partial charge in [-0.25, -0.2) is 0 Å². The Morgan fingerprint density at radius 3 is 3.14 bits per heavy atom. The van der Waals surface area contributed by atoms with Crippen molar-refractivity contribution in [2.75, 3.05) is 32.8 Å². The highest BCUT2D eigenvalue weighted by molar-refractivity contribution is 5.63. The van der Waals surface area contributed by atoms with Crippen molar-refractivity contribution in [3.8, 4) is 11.5 Å². The molecule has 0 aromatic heterocycles. The lowest BCUT2D eigenvalue weighted by molar-refractivity contribution is 0.123. The number of hydrogen-bond acceptors (Lipinski definition) is 4. The highest BCUT2D eigenvalue weighted by Crippen LogP contribution is 2.37. The molecule has 4 nitrogen and oxygen atoms in total. The van der Waals surface area contributed by atoms with E-state index in [0.717, 1.165) is 56.1 Å². The topological polar surface area (TPSA) is 47.7 Å². The maximum Gasteiger partial charge on any atom is 0.141 e. The summed E-state index contributed by atoms with van der Waals surface area (Å²) in [6.45, 7) is 6.53. The summed E-state index contributed by atoms with van der Waals surface area (Å²) >= 11 is 0. The molecule has 0 saturated carbocycles. The van der Waals surface area contributed by atoms with E-state index in [1.165, 1.54) is 0 Å².